The van der Waals surface area contributed by atoms with Crippen LogP contribution in [0.4, 0.5) is 0 Å². The fourth-order valence-corrected chi connectivity index (χ4v) is 2.70. The van der Waals surface area contributed by atoms with Crippen molar-refractivity contribution in [2.24, 2.45) is 0 Å². The molecule has 1 aliphatic rings. The van der Waals surface area contributed by atoms with E-state index in [0.717, 1.165) is 12.8 Å². The van der Waals surface area contributed by atoms with Crippen LogP contribution in [-0.2, 0) is 4.79 Å². The van der Waals surface area contributed by atoms with Crippen LogP contribution in [0.2, 0.25) is 0 Å². The maximum absolute atomic E-state index is 11.4. The number of aryl methyl sites for hydroxylation is 1. The molecule has 2 rings (SSSR count). The molecule has 0 bridgehead atoms. The number of carbonyl (C=O) groups is 1. The van der Waals surface area contributed by atoms with Gasteiger partial charge in [0, 0.05) is 13.1 Å². The van der Waals surface area contributed by atoms with Crippen molar-refractivity contribution in [3.8, 4) is 0 Å². The summed E-state index contributed by atoms with van der Waals surface area (Å²) in [6.45, 7) is 4.09. The van der Waals surface area contributed by atoms with Crippen LogP contribution in [-0.4, -0.2) is 25.0 Å². The lowest BCUT2D eigenvalue weighted by Crippen LogP contribution is -2.50. The molecule has 3 heteroatoms. The molecule has 0 saturated heterocycles. The van der Waals surface area contributed by atoms with Crippen molar-refractivity contribution >= 4 is 5.91 Å². The van der Waals surface area contributed by atoms with Gasteiger partial charge in [0.25, 0.3) is 0 Å². The molecule has 1 saturated carbocycles. The van der Waals surface area contributed by atoms with E-state index in [2.05, 4.69) is 41.8 Å². The fraction of sp³-hybridized carbons (Fsp3) is 0.533. The molecular weight excluding hydrogens is 224 g/mol. The lowest BCUT2D eigenvalue weighted by atomic mass is 9.74. The number of likely N-dealkylation sites (N-methyl/N-ethyl adjacent to an activating group) is 1. The zero-order valence-electron chi connectivity index (χ0n) is 11.4. The molecule has 2 N–H and O–H groups in total. The van der Waals surface area contributed by atoms with Crippen LogP contribution in [0.3, 0.4) is 0 Å². The van der Waals surface area contributed by atoms with Gasteiger partial charge in [0.05, 0.1) is 6.04 Å². The lowest BCUT2D eigenvalue weighted by molar-refractivity contribution is -0.122. The first kappa shape index (κ1) is 13.1. The van der Waals surface area contributed by atoms with Crippen LogP contribution in [0.5, 0.6) is 0 Å². The Morgan fingerprint density at radius 1 is 1.33 bits per heavy atom. The van der Waals surface area contributed by atoms with Gasteiger partial charge in [0.1, 0.15) is 0 Å². The molecule has 1 amide bonds. The maximum Gasteiger partial charge on any atom is 0.236 e. The third-order valence-electron chi connectivity index (χ3n) is 3.89. The molecular formula is C15H22N2O. The molecule has 1 aromatic carbocycles. The van der Waals surface area contributed by atoms with Gasteiger partial charge in [-0.05, 0) is 43.7 Å². The Kier molecular flexibility index (Phi) is 4.02. The third kappa shape index (κ3) is 2.72. The Bertz CT molecular complexity index is 424. The highest BCUT2D eigenvalue weighted by Crippen LogP contribution is 2.38. The molecule has 18 heavy (non-hydrogen) atoms. The number of amides is 1. The molecule has 0 radical (unpaired) electrons. The summed E-state index contributed by atoms with van der Waals surface area (Å²) in [6.07, 6.45) is 2.26. The lowest BCUT2D eigenvalue weighted by Gasteiger charge is -2.38. The second-order valence-electron chi connectivity index (χ2n) is 5.22. The van der Waals surface area contributed by atoms with Crippen molar-refractivity contribution in [3.63, 3.8) is 0 Å². The number of carbonyl (C=O) groups excluding carboxylic acids is 1. The smallest absolute Gasteiger partial charge is 0.236 e. The summed E-state index contributed by atoms with van der Waals surface area (Å²) in [5.41, 5.74) is 2.84. The number of hydrogen-bond acceptors (Lipinski definition) is 2. The Hall–Kier alpha value is -1.35. The predicted octanol–water partition coefficient (Wildman–Crippen LogP) is 1.97. The standard InChI is InChI=1S/C15H22N2O/c1-10-6-4-5-7-14(10)12-8-13(9-12)17-11(2)15(18)16-3/h4-7,11-13,17H,8-9H2,1-3H3,(H,16,18). The number of benzene rings is 1. The molecule has 1 aliphatic carbocycles. The first-order chi connectivity index (χ1) is 8.61. The molecule has 0 aliphatic heterocycles. The number of nitrogens with one attached hydrogen (secondary N) is 2. The topological polar surface area (TPSA) is 41.1 Å². The predicted molar refractivity (Wildman–Crippen MR) is 73.6 cm³/mol. The van der Waals surface area contributed by atoms with E-state index in [0.29, 0.717) is 12.0 Å². The van der Waals surface area contributed by atoms with Gasteiger partial charge in [-0.25, -0.2) is 0 Å². The summed E-state index contributed by atoms with van der Waals surface area (Å²) >= 11 is 0. The molecule has 0 spiro atoms. The van der Waals surface area contributed by atoms with Gasteiger partial charge in [0.15, 0.2) is 0 Å². The second kappa shape index (κ2) is 5.53. The van der Waals surface area contributed by atoms with Gasteiger partial charge in [-0.1, -0.05) is 24.3 Å². The van der Waals surface area contributed by atoms with Crippen LogP contribution >= 0.6 is 0 Å². The Morgan fingerprint density at radius 2 is 2.00 bits per heavy atom. The van der Waals surface area contributed by atoms with Gasteiger partial charge < -0.3 is 10.6 Å². The molecule has 0 aromatic heterocycles. The van der Waals surface area contributed by atoms with E-state index < -0.39 is 0 Å². The van der Waals surface area contributed by atoms with Gasteiger partial charge in [-0.3, -0.25) is 4.79 Å². The van der Waals surface area contributed by atoms with E-state index in [4.69, 9.17) is 0 Å². The highest BCUT2D eigenvalue weighted by atomic mass is 16.2. The van der Waals surface area contributed by atoms with Crippen molar-refractivity contribution < 1.29 is 4.79 Å². The number of hydrogen-bond donors (Lipinski definition) is 2. The summed E-state index contributed by atoms with van der Waals surface area (Å²) in [4.78, 5) is 11.4. The maximum atomic E-state index is 11.4. The van der Waals surface area contributed by atoms with Crippen LogP contribution in [0.1, 0.15) is 36.8 Å². The van der Waals surface area contributed by atoms with Crippen molar-refractivity contribution in [1.29, 1.82) is 0 Å². The first-order valence-electron chi connectivity index (χ1n) is 6.65. The van der Waals surface area contributed by atoms with Crippen molar-refractivity contribution in [1.82, 2.24) is 10.6 Å². The van der Waals surface area contributed by atoms with Gasteiger partial charge >= 0.3 is 0 Å². The average Bonchev–Trinajstić information content (AvgIpc) is 2.33. The Morgan fingerprint density at radius 3 is 2.61 bits per heavy atom. The van der Waals surface area contributed by atoms with Gasteiger partial charge in [0.2, 0.25) is 5.91 Å². The molecule has 1 unspecified atom stereocenters. The first-order valence-corrected chi connectivity index (χ1v) is 6.65. The minimum atomic E-state index is -0.0992. The SMILES string of the molecule is CNC(=O)C(C)NC1CC(c2ccccc2C)C1. The van der Waals surface area contributed by atoms with E-state index in [1.165, 1.54) is 11.1 Å². The van der Waals surface area contributed by atoms with E-state index in [9.17, 15) is 4.79 Å². The van der Waals surface area contributed by atoms with E-state index in [-0.39, 0.29) is 11.9 Å². The Labute approximate surface area is 109 Å². The Balaban J connectivity index is 1.84. The molecule has 1 aromatic rings. The van der Waals surface area contributed by atoms with E-state index >= 15 is 0 Å². The number of rotatable bonds is 4. The van der Waals surface area contributed by atoms with Crippen LogP contribution in [0, 0.1) is 6.92 Å². The van der Waals surface area contributed by atoms with Crippen LogP contribution in [0.15, 0.2) is 24.3 Å². The fourth-order valence-electron chi connectivity index (χ4n) is 2.70. The third-order valence-corrected chi connectivity index (χ3v) is 3.89. The minimum Gasteiger partial charge on any atom is -0.358 e. The largest absolute Gasteiger partial charge is 0.358 e. The molecule has 0 heterocycles. The monoisotopic (exact) mass is 246 g/mol. The molecule has 1 fully saturated rings. The van der Waals surface area contributed by atoms with Crippen molar-refractivity contribution in [3.05, 3.63) is 35.4 Å². The van der Waals surface area contributed by atoms with Gasteiger partial charge in [-0.2, -0.15) is 0 Å². The summed E-state index contributed by atoms with van der Waals surface area (Å²) in [5.74, 6) is 0.718. The zero-order chi connectivity index (χ0) is 13.1. The quantitative estimate of drug-likeness (QED) is 0.852. The van der Waals surface area contributed by atoms with Gasteiger partial charge in [-0.15, -0.1) is 0 Å². The van der Waals surface area contributed by atoms with Crippen LogP contribution < -0.4 is 10.6 Å². The summed E-state index contributed by atoms with van der Waals surface area (Å²) in [7, 11) is 1.68. The van der Waals surface area contributed by atoms with Crippen molar-refractivity contribution in [2.75, 3.05) is 7.05 Å². The van der Waals surface area contributed by atoms with Crippen LogP contribution in [0.25, 0.3) is 0 Å². The normalized spacial score (nSPS) is 24.2. The minimum absolute atomic E-state index is 0.0642. The van der Waals surface area contributed by atoms with E-state index in [1.807, 2.05) is 6.92 Å². The molecule has 3 nitrogen and oxygen atoms in total. The highest BCUT2D eigenvalue weighted by molar-refractivity contribution is 5.80. The molecule has 1 atom stereocenters. The summed E-state index contributed by atoms with van der Waals surface area (Å²) in [5, 5.41) is 6.04. The average molecular weight is 246 g/mol. The van der Waals surface area contributed by atoms with Crippen molar-refractivity contribution in [2.45, 2.75) is 44.7 Å². The van der Waals surface area contributed by atoms with E-state index in [1.54, 1.807) is 7.05 Å². The summed E-state index contributed by atoms with van der Waals surface area (Å²) in [6, 6.07) is 8.96. The second-order valence-corrected chi connectivity index (χ2v) is 5.22. The highest BCUT2D eigenvalue weighted by Gasteiger charge is 2.32. The summed E-state index contributed by atoms with van der Waals surface area (Å²) < 4.78 is 0. The molecule has 98 valence electrons. The zero-order valence-corrected chi connectivity index (χ0v) is 11.4.